The molecule has 0 bridgehead atoms. The Hall–Kier alpha value is -2.71. The molecule has 0 fully saturated rings. The van der Waals surface area contributed by atoms with Crippen molar-refractivity contribution in [1.82, 2.24) is 19.7 Å². The summed E-state index contributed by atoms with van der Waals surface area (Å²) in [7, 11) is 0. The van der Waals surface area contributed by atoms with E-state index in [1.54, 1.807) is 10.6 Å². The molecule has 0 N–H and O–H groups in total. The largest absolute Gasteiger partial charge is 0.338 e. The van der Waals surface area contributed by atoms with Crippen molar-refractivity contribution in [2.45, 2.75) is 37.2 Å². The Kier molecular flexibility index (Phi) is 5.64. The van der Waals surface area contributed by atoms with E-state index < -0.39 is 0 Å². The second-order valence-corrected chi connectivity index (χ2v) is 8.81. The molecule has 3 heterocycles. The van der Waals surface area contributed by atoms with Crippen molar-refractivity contribution in [3.63, 3.8) is 0 Å². The van der Waals surface area contributed by atoms with Crippen LogP contribution in [0, 0.1) is 0 Å². The van der Waals surface area contributed by atoms with Crippen molar-refractivity contribution in [3.8, 4) is 10.4 Å². The normalized spacial score (nSPS) is 12.3. The van der Waals surface area contributed by atoms with Gasteiger partial charge in [-0.15, -0.1) is 17.9 Å². The first-order valence-electron chi connectivity index (χ1n) is 9.30. The molecule has 0 radical (unpaired) electrons. The first-order chi connectivity index (χ1) is 14.1. The molecule has 1 unspecified atom stereocenters. The highest BCUT2D eigenvalue weighted by Gasteiger charge is 2.20. The van der Waals surface area contributed by atoms with Gasteiger partial charge in [0.1, 0.15) is 4.70 Å². The first kappa shape index (κ1) is 19.6. The van der Waals surface area contributed by atoms with Gasteiger partial charge in [0.05, 0.1) is 10.8 Å². The van der Waals surface area contributed by atoms with Crippen LogP contribution in [0.15, 0.2) is 63.5 Å². The Morgan fingerprint density at radius 1 is 1.31 bits per heavy atom. The second-order valence-electron chi connectivity index (χ2n) is 6.45. The molecule has 0 saturated heterocycles. The average molecular weight is 425 g/mol. The van der Waals surface area contributed by atoms with Gasteiger partial charge in [0.25, 0.3) is 5.56 Å². The van der Waals surface area contributed by atoms with Crippen molar-refractivity contribution >= 4 is 33.3 Å². The van der Waals surface area contributed by atoms with Gasteiger partial charge in [-0.25, -0.2) is 4.98 Å². The number of hydrogen-bond donors (Lipinski definition) is 0. The summed E-state index contributed by atoms with van der Waals surface area (Å²) in [6.45, 7) is 8.12. The Balaban J connectivity index is 1.76. The van der Waals surface area contributed by atoms with E-state index >= 15 is 0 Å². The maximum Gasteiger partial charge on any atom is 0.272 e. The third-order valence-corrected chi connectivity index (χ3v) is 6.64. The van der Waals surface area contributed by atoms with Crippen LogP contribution in [0.4, 0.5) is 0 Å². The van der Waals surface area contributed by atoms with Crippen molar-refractivity contribution in [3.05, 3.63) is 71.1 Å². The zero-order chi connectivity index (χ0) is 20.4. The Morgan fingerprint density at radius 3 is 2.79 bits per heavy atom. The number of allylic oxidation sites excluding steroid dienone is 1. The predicted octanol–water partition coefficient (Wildman–Crippen LogP) is 5.11. The summed E-state index contributed by atoms with van der Waals surface area (Å²) in [5.41, 5.74) is 1.72. The minimum Gasteiger partial charge on any atom is -0.338 e. The van der Waals surface area contributed by atoms with Crippen LogP contribution >= 0.6 is 23.1 Å². The van der Waals surface area contributed by atoms with Crippen LogP contribution in [0.5, 0.6) is 0 Å². The van der Waals surface area contributed by atoms with E-state index in [1.807, 2.05) is 50.2 Å². The van der Waals surface area contributed by atoms with Gasteiger partial charge < -0.3 is 4.52 Å². The van der Waals surface area contributed by atoms with Crippen molar-refractivity contribution in [2.24, 2.45) is 0 Å². The van der Waals surface area contributed by atoms with E-state index in [4.69, 9.17) is 9.51 Å². The Labute approximate surface area is 176 Å². The highest BCUT2D eigenvalue weighted by Crippen LogP contribution is 2.35. The summed E-state index contributed by atoms with van der Waals surface area (Å²) in [6.07, 6.45) is 2.42. The number of hydrogen-bond acceptors (Lipinski definition) is 7. The molecule has 29 heavy (non-hydrogen) atoms. The lowest BCUT2D eigenvalue weighted by molar-refractivity contribution is 0.375. The third kappa shape index (κ3) is 3.90. The maximum absolute atomic E-state index is 13.2. The summed E-state index contributed by atoms with van der Waals surface area (Å²) >= 11 is 2.90. The van der Waals surface area contributed by atoms with Crippen LogP contribution in [0.1, 0.15) is 30.8 Å². The van der Waals surface area contributed by atoms with Gasteiger partial charge in [-0.1, -0.05) is 60.3 Å². The van der Waals surface area contributed by atoms with Crippen molar-refractivity contribution < 1.29 is 4.52 Å². The second kappa shape index (κ2) is 8.34. The molecule has 0 aliphatic rings. The van der Waals surface area contributed by atoms with Crippen molar-refractivity contribution in [2.75, 3.05) is 0 Å². The monoisotopic (exact) mass is 424 g/mol. The highest BCUT2D eigenvalue weighted by molar-refractivity contribution is 7.99. The summed E-state index contributed by atoms with van der Waals surface area (Å²) in [6, 6.07) is 12.0. The molecule has 3 aromatic heterocycles. The lowest BCUT2D eigenvalue weighted by Crippen LogP contribution is -2.22. The van der Waals surface area contributed by atoms with Gasteiger partial charge in [-0.2, -0.15) is 4.98 Å². The quantitative estimate of drug-likeness (QED) is 0.233. The molecule has 0 saturated carbocycles. The summed E-state index contributed by atoms with van der Waals surface area (Å²) in [4.78, 5) is 23.4. The molecule has 4 aromatic rings. The zero-order valence-electron chi connectivity index (χ0n) is 16.2. The standard InChI is InChI=1S/C21H20N4O2S2/c1-4-11-25-20(26)18-15(12-16(29-18)14-9-7-6-8-10-14)22-21(25)28-13(3)19-23-17(5-2)24-27-19/h4,6-10,12-13H,1,5,11H2,2-3H3. The number of fused-ring (bicyclic) bond motifs is 1. The summed E-state index contributed by atoms with van der Waals surface area (Å²) < 4.78 is 7.65. The summed E-state index contributed by atoms with van der Waals surface area (Å²) in [5, 5.41) is 4.44. The van der Waals surface area contributed by atoms with E-state index in [-0.39, 0.29) is 10.8 Å². The number of aromatic nitrogens is 4. The molecule has 0 amide bonds. The minimum atomic E-state index is -0.129. The Morgan fingerprint density at radius 2 is 2.10 bits per heavy atom. The molecule has 0 aliphatic heterocycles. The fourth-order valence-corrected chi connectivity index (χ4v) is 4.90. The van der Waals surface area contributed by atoms with E-state index in [1.165, 1.54) is 23.1 Å². The maximum atomic E-state index is 13.2. The average Bonchev–Trinajstić information content (AvgIpc) is 3.39. The fraction of sp³-hybridized carbons (Fsp3) is 0.238. The molecule has 8 heteroatoms. The fourth-order valence-electron chi connectivity index (χ4n) is 2.90. The molecule has 1 atom stereocenters. The van der Waals surface area contributed by atoms with Crippen LogP contribution in [0.25, 0.3) is 20.7 Å². The number of benzene rings is 1. The molecular weight excluding hydrogens is 404 g/mol. The molecule has 6 nitrogen and oxygen atoms in total. The van der Waals surface area contributed by atoms with E-state index in [2.05, 4.69) is 16.7 Å². The van der Waals surface area contributed by atoms with E-state index in [9.17, 15) is 4.79 Å². The minimum absolute atomic E-state index is 0.0587. The Bertz CT molecular complexity index is 1210. The van der Waals surface area contributed by atoms with Crippen LogP contribution in [-0.2, 0) is 13.0 Å². The summed E-state index contributed by atoms with van der Waals surface area (Å²) in [5.74, 6) is 1.20. The van der Waals surface area contributed by atoms with E-state index in [0.717, 1.165) is 10.4 Å². The van der Waals surface area contributed by atoms with Crippen LogP contribution in [0.2, 0.25) is 0 Å². The zero-order valence-corrected chi connectivity index (χ0v) is 17.8. The van der Waals surface area contributed by atoms with E-state index in [0.29, 0.717) is 40.1 Å². The highest BCUT2D eigenvalue weighted by atomic mass is 32.2. The third-order valence-electron chi connectivity index (χ3n) is 4.40. The molecular formula is C21H20N4O2S2. The van der Waals surface area contributed by atoms with Gasteiger partial charge in [0, 0.05) is 17.8 Å². The topological polar surface area (TPSA) is 73.8 Å². The van der Waals surface area contributed by atoms with Gasteiger partial charge in [0.2, 0.25) is 5.89 Å². The molecule has 4 rings (SSSR count). The van der Waals surface area contributed by atoms with Crippen molar-refractivity contribution in [1.29, 1.82) is 0 Å². The van der Waals surface area contributed by atoms with Crippen LogP contribution in [-0.4, -0.2) is 19.7 Å². The lowest BCUT2D eigenvalue weighted by Gasteiger charge is -2.12. The smallest absolute Gasteiger partial charge is 0.272 e. The number of aryl methyl sites for hydroxylation is 1. The van der Waals surface area contributed by atoms with Gasteiger partial charge in [-0.3, -0.25) is 9.36 Å². The van der Waals surface area contributed by atoms with Crippen LogP contribution < -0.4 is 5.56 Å². The first-order valence-corrected chi connectivity index (χ1v) is 11.0. The van der Waals surface area contributed by atoms with Gasteiger partial charge >= 0.3 is 0 Å². The molecule has 0 aliphatic carbocycles. The SMILES string of the molecule is C=CCn1c(SC(C)c2nc(CC)no2)nc2cc(-c3ccccc3)sc2c1=O. The number of thiophene rings is 1. The van der Waals surface area contributed by atoms with Crippen LogP contribution in [0.3, 0.4) is 0 Å². The van der Waals surface area contributed by atoms with Gasteiger partial charge in [-0.05, 0) is 18.6 Å². The number of nitrogens with zero attached hydrogens (tertiary/aromatic N) is 4. The predicted molar refractivity (Wildman–Crippen MR) is 117 cm³/mol. The molecule has 0 spiro atoms. The lowest BCUT2D eigenvalue weighted by atomic mass is 10.2. The van der Waals surface area contributed by atoms with Gasteiger partial charge in [0.15, 0.2) is 11.0 Å². The molecule has 148 valence electrons. The number of rotatable bonds is 7. The molecule has 1 aromatic carbocycles. The number of thioether (sulfide) groups is 1.